The molecule has 0 fully saturated rings. The molecule has 1 aromatic heterocycles. The molecule has 2 aromatic carbocycles. The van der Waals surface area contributed by atoms with Gasteiger partial charge < -0.3 is 4.90 Å². The molecule has 0 radical (unpaired) electrons. The van der Waals surface area contributed by atoms with Crippen molar-refractivity contribution in [2.24, 2.45) is 0 Å². The van der Waals surface area contributed by atoms with Gasteiger partial charge in [0.2, 0.25) is 0 Å². The molecule has 0 spiro atoms. The summed E-state index contributed by atoms with van der Waals surface area (Å²) in [4.78, 5) is 13.9. The molecule has 1 amide bonds. The van der Waals surface area contributed by atoms with Gasteiger partial charge in [0, 0.05) is 13.6 Å². The minimum absolute atomic E-state index is 0.223. The summed E-state index contributed by atoms with van der Waals surface area (Å²) in [6.45, 7) is 0.938. The molecule has 0 N–H and O–H groups in total. The van der Waals surface area contributed by atoms with Crippen molar-refractivity contribution in [2.75, 3.05) is 7.05 Å². The second-order valence-electron chi connectivity index (χ2n) is 5.57. The Morgan fingerprint density at radius 1 is 1.08 bits per heavy atom. The zero-order valence-corrected chi connectivity index (χ0v) is 13.3. The lowest BCUT2D eigenvalue weighted by molar-refractivity contribution is 0.0779. The summed E-state index contributed by atoms with van der Waals surface area (Å²) >= 11 is 0. The fraction of sp³-hybridized carbons (Fsp3) is 0.167. The maximum Gasteiger partial charge on any atom is 0.276 e. The van der Waals surface area contributed by atoms with Crippen LogP contribution in [0, 0.1) is 5.82 Å². The van der Waals surface area contributed by atoms with Gasteiger partial charge >= 0.3 is 0 Å². The highest BCUT2D eigenvalue weighted by Gasteiger charge is 2.16. The SMILES string of the molecule is CN(Cc1ccc(F)cc1)C(=O)c1cn(Cc2ccccc2)nn1. The van der Waals surface area contributed by atoms with Gasteiger partial charge in [0.15, 0.2) is 5.69 Å². The van der Waals surface area contributed by atoms with Crippen molar-refractivity contribution in [1.82, 2.24) is 19.9 Å². The number of benzene rings is 2. The van der Waals surface area contributed by atoms with Crippen molar-refractivity contribution in [3.05, 3.63) is 83.4 Å². The first kappa shape index (κ1) is 15.9. The molecule has 5 nitrogen and oxygen atoms in total. The number of rotatable bonds is 5. The minimum Gasteiger partial charge on any atom is -0.336 e. The Bertz CT molecular complexity index is 815. The predicted octanol–water partition coefficient (Wildman–Crippen LogP) is 2.74. The average Bonchev–Trinajstić information content (AvgIpc) is 3.05. The van der Waals surface area contributed by atoms with E-state index in [1.807, 2.05) is 30.3 Å². The molecule has 3 rings (SSSR count). The minimum atomic E-state index is -0.295. The number of carbonyl (C=O) groups is 1. The third-order valence-corrected chi connectivity index (χ3v) is 3.62. The summed E-state index contributed by atoms with van der Waals surface area (Å²) in [5, 5.41) is 7.95. The Kier molecular flexibility index (Phi) is 4.65. The van der Waals surface area contributed by atoms with Crippen LogP contribution in [0.1, 0.15) is 21.6 Å². The maximum absolute atomic E-state index is 12.9. The largest absolute Gasteiger partial charge is 0.336 e. The van der Waals surface area contributed by atoms with Crippen LogP contribution in [0.5, 0.6) is 0 Å². The van der Waals surface area contributed by atoms with Crippen LogP contribution in [0.15, 0.2) is 60.8 Å². The summed E-state index contributed by atoms with van der Waals surface area (Å²) in [7, 11) is 1.68. The van der Waals surface area contributed by atoms with Gasteiger partial charge in [0.05, 0.1) is 12.7 Å². The number of nitrogens with zero attached hydrogens (tertiary/aromatic N) is 4. The number of hydrogen-bond acceptors (Lipinski definition) is 3. The molecule has 3 aromatic rings. The van der Waals surface area contributed by atoms with Crippen LogP contribution >= 0.6 is 0 Å². The lowest BCUT2D eigenvalue weighted by Gasteiger charge is -2.15. The number of carbonyl (C=O) groups excluding carboxylic acids is 1. The number of aromatic nitrogens is 3. The molecule has 0 saturated carbocycles. The molecule has 0 aliphatic rings. The average molecular weight is 324 g/mol. The van der Waals surface area contributed by atoms with Crippen molar-refractivity contribution in [3.8, 4) is 0 Å². The van der Waals surface area contributed by atoms with Crippen molar-refractivity contribution in [3.63, 3.8) is 0 Å². The van der Waals surface area contributed by atoms with Gasteiger partial charge in [0.1, 0.15) is 5.82 Å². The summed E-state index contributed by atoms with van der Waals surface area (Å²) in [5.41, 5.74) is 2.22. The van der Waals surface area contributed by atoms with E-state index in [4.69, 9.17) is 0 Å². The highest BCUT2D eigenvalue weighted by Crippen LogP contribution is 2.09. The lowest BCUT2D eigenvalue weighted by atomic mass is 10.2. The Morgan fingerprint density at radius 2 is 1.79 bits per heavy atom. The molecule has 0 aliphatic carbocycles. The number of hydrogen-bond donors (Lipinski definition) is 0. The molecule has 1 heterocycles. The molecule has 0 aliphatic heterocycles. The third kappa shape index (κ3) is 3.84. The van der Waals surface area contributed by atoms with E-state index >= 15 is 0 Å². The fourth-order valence-corrected chi connectivity index (χ4v) is 2.38. The molecular weight excluding hydrogens is 307 g/mol. The highest BCUT2D eigenvalue weighted by molar-refractivity contribution is 5.91. The molecule has 122 valence electrons. The highest BCUT2D eigenvalue weighted by atomic mass is 19.1. The van der Waals surface area contributed by atoms with E-state index in [-0.39, 0.29) is 17.4 Å². The van der Waals surface area contributed by atoms with Crippen LogP contribution < -0.4 is 0 Å². The van der Waals surface area contributed by atoms with E-state index in [1.54, 1.807) is 30.1 Å². The van der Waals surface area contributed by atoms with Crippen LogP contribution in [-0.4, -0.2) is 32.8 Å². The smallest absolute Gasteiger partial charge is 0.276 e. The Balaban J connectivity index is 1.65. The Morgan fingerprint density at radius 3 is 2.50 bits per heavy atom. The van der Waals surface area contributed by atoms with Gasteiger partial charge in [-0.25, -0.2) is 9.07 Å². The van der Waals surface area contributed by atoms with Crippen LogP contribution in [0.4, 0.5) is 4.39 Å². The molecule has 24 heavy (non-hydrogen) atoms. The van der Waals surface area contributed by atoms with Crippen LogP contribution in [-0.2, 0) is 13.1 Å². The number of halogens is 1. The van der Waals surface area contributed by atoms with Crippen molar-refractivity contribution < 1.29 is 9.18 Å². The topological polar surface area (TPSA) is 51.0 Å². The van der Waals surface area contributed by atoms with Gasteiger partial charge in [-0.2, -0.15) is 0 Å². The van der Waals surface area contributed by atoms with E-state index in [9.17, 15) is 9.18 Å². The van der Waals surface area contributed by atoms with Crippen molar-refractivity contribution >= 4 is 5.91 Å². The predicted molar refractivity (Wildman–Crippen MR) is 87.8 cm³/mol. The molecule has 0 unspecified atom stereocenters. The molecule has 0 atom stereocenters. The first-order valence-corrected chi connectivity index (χ1v) is 7.56. The second-order valence-corrected chi connectivity index (χ2v) is 5.57. The van der Waals surface area contributed by atoms with Gasteiger partial charge in [0.25, 0.3) is 5.91 Å². The molecular formula is C18H17FN4O. The lowest BCUT2D eigenvalue weighted by Crippen LogP contribution is -2.26. The van der Waals surface area contributed by atoms with Gasteiger partial charge in [-0.05, 0) is 23.3 Å². The first-order chi connectivity index (χ1) is 11.6. The van der Waals surface area contributed by atoms with E-state index < -0.39 is 0 Å². The Labute approximate surface area is 139 Å². The molecule has 0 saturated heterocycles. The van der Waals surface area contributed by atoms with Crippen LogP contribution in [0.2, 0.25) is 0 Å². The standard InChI is InChI=1S/C18H17FN4O/c1-22(11-15-7-9-16(19)10-8-15)18(24)17-13-23(21-20-17)12-14-5-3-2-4-6-14/h2-10,13H,11-12H2,1H3. The summed E-state index contributed by atoms with van der Waals surface area (Å²) in [5.74, 6) is -0.518. The fourth-order valence-electron chi connectivity index (χ4n) is 2.38. The van der Waals surface area contributed by atoms with Gasteiger partial charge in [-0.3, -0.25) is 4.79 Å². The Hall–Kier alpha value is -3.02. The second kappa shape index (κ2) is 7.04. The van der Waals surface area contributed by atoms with Crippen molar-refractivity contribution in [1.29, 1.82) is 0 Å². The zero-order valence-electron chi connectivity index (χ0n) is 13.3. The van der Waals surface area contributed by atoms with Crippen LogP contribution in [0.25, 0.3) is 0 Å². The first-order valence-electron chi connectivity index (χ1n) is 7.56. The molecule has 0 bridgehead atoms. The summed E-state index contributed by atoms with van der Waals surface area (Å²) in [6, 6.07) is 15.9. The number of amides is 1. The maximum atomic E-state index is 12.9. The van der Waals surface area contributed by atoms with E-state index in [1.165, 1.54) is 17.0 Å². The van der Waals surface area contributed by atoms with Crippen molar-refractivity contribution in [2.45, 2.75) is 13.1 Å². The monoisotopic (exact) mass is 324 g/mol. The summed E-state index contributed by atoms with van der Waals surface area (Å²) < 4.78 is 14.6. The third-order valence-electron chi connectivity index (χ3n) is 3.62. The van der Waals surface area contributed by atoms with E-state index in [2.05, 4.69) is 10.3 Å². The zero-order chi connectivity index (χ0) is 16.9. The normalized spacial score (nSPS) is 10.6. The van der Waals surface area contributed by atoms with E-state index in [0.29, 0.717) is 13.1 Å². The molecule has 6 heteroatoms. The van der Waals surface area contributed by atoms with Crippen LogP contribution in [0.3, 0.4) is 0 Å². The van der Waals surface area contributed by atoms with Gasteiger partial charge in [-0.1, -0.05) is 47.7 Å². The summed E-state index contributed by atoms with van der Waals surface area (Å²) in [6.07, 6.45) is 1.64. The van der Waals surface area contributed by atoms with E-state index in [0.717, 1.165) is 11.1 Å². The van der Waals surface area contributed by atoms with Gasteiger partial charge in [-0.15, -0.1) is 5.10 Å². The quantitative estimate of drug-likeness (QED) is 0.725.